The molecule has 3 aromatic rings. The first-order chi connectivity index (χ1) is 10.5. The molecule has 0 radical (unpaired) electrons. The minimum Gasteiger partial charge on any atom is -0.377 e. The zero-order chi connectivity index (χ0) is 15.7. The van der Waals surface area contributed by atoms with Crippen molar-refractivity contribution in [2.24, 2.45) is 0 Å². The molecule has 0 fully saturated rings. The van der Waals surface area contributed by atoms with Crippen molar-refractivity contribution < 1.29 is 4.39 Å². The summed E-state index contributed by atoms with van der Waals surface area (Å²) in [5, 5.41) is 3.34. The Hall–Kier alpha value is -2.40. The van der Waals surface area contributed by atoms with E-state index >= 15 is 0 Å². The highest BCUT2D eigenvalue weighted by molar-refractivity contribution is 6.30. The van der Waals surface area contributed by atoms with Gasteiger partial charge in [0, 0.05) is 17.3 Å². The number of anilines is 1. The lowest BCUT2D eigenvalue weighted by atomic mass is 10.3. The molecule has 0 saturated carbocycles. The fraction of sp³-hybridized carbons (Fsp3) is 0.125. The molecule has 4 nitrogen and oxygen atoms in total. The first kappa shape index (κ1) is 14.5. The summed E-state index contributed by atoms with van der Waals surface area (Å²) in [5.74, 6) is -0.405. The zero-order valence-electron chi connectivity index (χ0n) is 11.8. The van der Waals surface area contributed by atoms with Crippen molar-refractivity contribution in [2.75, 3.05) is 5.32 Å². The summed E-state index contributed by atoms with van der Waals surface area (Å²) in [6.45, 7) is 2.14. The maximum atomic E-state index is 13.6. The molecule has 0 atom stereocenters. The van der Waals surface area contributed by atoms with Crippen LogP contribution in [-0.2, 0) is 6.54 Å². The van der Waals surface area contributed by atoms with Gasteiger partial charge in [-0.25, -0.2) is 9.37 Å². The average molecular weight is 318 g/mol. The van der Waals surface area contributed by atoms with E-state index in [9.17, 15) is 9.18 Å². The van der Waals surface area contributed by atoms with Crippen LogP contribution in [0, 0.1) is 12.7 Å². The molecule has 6 heteroatoms. The third-order valence-electron chi connectivity index (χ3n) is 3.25. The van der Waals surface area contributed by atoms with E-state index < -0.39 is 5.82 Å². The summed E-state index contributed by atoms with van der Waals surface area (Å²) in [6, 6.07) is 9.35. The lowest BCUT2D eigenvalue weighted by Crippen LogP contribution is -2.17. The smallest absolute Gasteiger partial charge is 0.258 e. The second-order valence-electron chi connectivity index (χ2n) is 5.00. The maximum absolute atomic E-state index is 13.6. The van der Waals surface area contributed by atoms with E-state index in [1.807, 2.05) is 13.0 Å². The number of nitrogens with one attached hydrogen (secondary N) is 1. The van der Waals surface area contributed by atoms with Gasteiger partial charge >= 0.3 is 0 Å². The van der Waals surface area contributed by atoms with Crippen LogP contribution in [0.3, 0.4) is 0 Å². The van der Waals surface area contributed by atoms with Gasteiger partial charge in [0.1, 0.15) is 11.5 Å². The molecule has 2 aromatic heterocycles. The fourth-order valence-electron chi connectivity index (χ4n) is 2.17. The quantitative estimate of drug-likeness (QED) is 0.805. The van der Waals surface area contributed by atoms with Crippen LogP contribution in [0.4, 0.5) is 10.1 Å². The Morgan fingerprint density at radius 1 is 1.27 bits per heavy atom. The van der Waals surface area contributed by atoms with Crippen LogP contribution in [0.15, 0.2) is 47.4 Å². The molecule has 3 rings (SSSR count). The summed E-state index contributed by atoms with van der Waals surface area (Å²) in [4.78, 5) is 16.5. The predicted octanol–water partition coefficient (Wildman–Crippen LogP) is 3.41. The monoisotopic (exact) mass is 317 g/mol. The molecule has 112 valence electrons. The summed E-state index contributed by atoms with van der Waals surface area (Å²) in [6.07, 6.45) is 1.73. The van der Waals surface area contributed by atoms with Gasteiger partial charge in [0.25, 0.3) is 5.56 Å². The van der Waals surface area contributed by atoms with Gasteiger partial charge in [-0.1, -0.05) is 17.7 Å². The molecule has 1 N–H and O–H groups in total. The number of aromatic nitrogens is 2. The molecule has 0 aliphatic carbocycles. The largest absolute Gasteiger partial charge is 0.377 e. The number of hydrogen-bond acceptors (Lipinski definition) is 3. The van der Waals surface area contributed by atoms with Gasteiger partial charge in [-0.15, -0.1) is 0 Å². The molecule has 0 bridgehead atoms. The number of rotatable bonds is 3. The van der Waals surface area contributed by atoms with Crippen molar-refractivity contribution in [1.29, 1.82) is 0 Å². The van der Waals surface area contributed by atoms with Crippen LogP contribution in [-0.4, -0.2) is 9.38 Å². The molecule has 0 aliphatic rings. The van der Waals surface area contributed by atoms with E-state index in [0.717, 1.165) is 5.56 Å². The minimum absolute atomic E-state index is 0.169. The predicted molar refractivity (Wildman–Crippen MR) is 84.9 cm³/mol. The van der Waals surface area contributed by atoms with Gasteiger partial charge in [0.15, 0.2) is 0 Å². The Bertz CT molecular complexity index is 908. The van der Waals surface area contributed by atoms with Crippen molar-refractivity contribution in [2.45, 2.75) is 13.5 Å². The van der Waals surface area contributed by atoms with E-state index in [2.05, 4.69) is 10.3 Å². The highest BCUT2D eigenvalue weighted by Crippen LogP contribution is 2.19. The number of hydrogen-bond donors (Lipinski definition) is 1. The lowest BCUT2D eigenvalue weighted by molar-refractivity contribution is 0.630. The number of nitrogens with zero attached hydrogens (tertiary/aromatic N) is 2. The normalized spacial score (nSPS) is 10.9. The van der Waals surface area contributed by atoms with E-state index in [1.165, 1.54) is 28.7 Å². The summed E-state index contributed by atoms with van der Waals surface area (Å²) >= 11 is 5.84. The van der Waals surface area contributed by atoms with Crippen molar-refractivity contribution in [3.63, 3.8) is 0 Å². The third-order valence-corrected chi connectivity index (χ3v) is 3.48. The Kier molecular flexibility index (Phi) is 3.81. The molecule has 22 heavy (non-hydrogen) atoms. The molecular weight excluding hydrogens is 305 g/mol. The molecule has 0 amide bonds. The van der Waals surface area contributed by atoms with Crippen LogP contribution >= 0.6 is 11.6 Å². The number of halogens is 2. The van der Waals surface area contributed by atoms with Crippen LogP contribution in [0.5, 0.6) is 0 Å². The first-order valence-corrected chi connectivity index (χ1v) is 7.08. The molecule has 1 aromatic carbocycles. The Morgan fingerprint density at radius 3 is 2.91 bits per heavy atom. The number of pyridine rings is 1. The standard InChI is InChI=1S/C16H13ClFN3O/c1-10-2-5-15-20-12(7-16(22)21(15)9-10)8-19-14-6-11(17)3-4-13(14)18/h2-7,9,19H,8H2,1H3. The van der Waals surface area contributed by atoms with Crippen molar-refractivity contribution in [3.05, 3.63) is 75.0 Å². The van der Waals surface area contributed by atoms with Gasteiger partial charge in [-0.2, -0.15) is 0 Å². The fourth-order valence-corrected chi connectivity index (χ4v) is 2.34. The number of aryl methyl sites for hydroxylation is 1. The van der Waals surface area contributed by atoms with Gasteiger partial charge in [-0.3, -0.25) is 9.20 Å². The van der Waals surface area contributed by atoms with Crippen molar-refractivity contribution >= 4 is 22.9 Å². The maximum Gasteiger partial charge on any atom is 0.258 e. The summed E-state index contributed by atoms with van der Waals surface area (Å²) < 4.78 is 15.1. The van der Waals surface area contributed by atoms with Crippen LogP contribution in [0.1, 0.15) is 11.3 Å². The molecule has 0 aliphatic heterocycles. The minimum atomic E-state index is -0.405. The molecule has 0 saturated heterocycles. The molecule has 0 unspecified atom stereocenters. The SMILES string of the molecule is Cc1ccc2nc(CNc3cc(Cl)ccc3F)cc(=O)n2c1. The molecule has 2 heterocycles. The first-order valence-electron chi connectivity index (χ1n) is 6.71. The van der Waals surface area contributed by atoms with Gasteiger partial charge in [0.05, 0.1) is 17.9 Å². The topological polar surface area (TPSA) is 46.4 Å². The lowest BCUT2D eigenvalue weighted by Gasteiger charge is -2.09. The number of benzene rings is 1. The van der Waals surface area contributed by atoms with E-state index in [0.29, 0.717) is 16.4 Å². The highest BCUT2D eigenvalue weighted by atomic mass is 35.5. The van der Waals surface area contributed by atoms with E-state index in [1.54, 1.807) is 12.3 Å². The second-order valence-corrected chi connectivity index (χ2v) is 5.43. The number of fused-ring (bicyclic) bond motifs is 1. The van der Waals surface area contributed by atoms with E-state index in [4.69, 9.17) is 11.6 Å². The summed E-state index contributed by atoms with van der Waals surface area (Å²) in [5.41, 5.74) is 2.17. The Labute approximate surface area is 131 Å². The van der Waals surface area contributed by atoms with Gasteiger partial charge in [0.2, 0.25) is 0 Å². The third kappa shape index (κ3) is 2.94. The zero-order valence-corrected chi connectivity index (χ0v) is 12.6. The second kappa shape index (κ2) is 5.77. The van der Waals surface area contributed by atoms with Gasteiger partial charge in [-0.05, 0) is 36.8 Å². The van der Waals surface area contributed by atoms with Crippen molar-refractivity contribution in [1.82, 2.24) is 9.38 Å². The molecule has 0 spiro atoms. The van der Waals surface area contributed by atoms with Crippen LogP contribution in [0.25, 0.3) is 5.65 Å². The van der Waals surface area contributed by atoms with Gasteiger partial charge < -0.3 is 5.32 Å². The van der Waals surface area contributed by atoms with Crippen molar-refractivity contribution in [3.8, 4) is 0 Å². The molecular formula is C16H13ClFN3O. The average Bonchev–Trinajstić information content (AvgIpc) is 2.49. The van der Waals surface area contributed by atoms with Crippen LogP contribution < -0.4 is 10.9 Å². The summed E-state index contributed by atoms with van der Waals surface area (Å²) in [7, 11) is 0. The Balaban J connectivity index is 1.90. The highest BCUT2D eigenvalue weighted by Gasteiger charge is 2.05. The van der Waals surface area contributed by atoms with Crippen LogP contribution in [0.2, 0.25) is 5.02 Å². The Morgan fingerprint density at radius 2 is 2.09 bits per heavy atom. The van der Waals surface area contributed by atoms with E-state index in [-0.39, 0.29) is 17.8 Å².